The maximum atomic E-state index is 11.7. The van der Waals surface area contributed by atoms with E-state index in [4.69, 9.17) is 9.47 Å². The molecule has 0 bridgehead atoms. The van der Waals surface area contributed by atoms with Gasteiger partial charge in [0.15, 0.2) is 0 Å². The van der Waals surface area contributed by atoms with E-state index in [0.717, 1.165) is 43.5 Å². The molecule has 1 aromatic carbocycles. The molecule has 3 rings (SSSR count). The van der Waals surface area contributed by atoms with Crippen molar-refractivity contribution in [2.75, 3.05) is 46.4 Å². The van der Waals surface area contributed by atoms with E-state index in [1.54, 1.807) is 25.3 Å². The van der Waals surface area contributed by atoms with Crippen LogP contribution in [0.3, 0.4) is 0 Å². The highest BCUT2D eigenvalue weighted by Gasteiger charge is 2.20. The predicted molar refractivity (Wildman–Crippen MR) is 116 cm³/mol. The van der Waals surface area contributed by atoms with Crippen LogP contribution in [-0.4, -0.2) is 72.3 Å². The lowest BCUT2D eigenvalue weighted by Crippen LogP contribution is -2.46. The quantitative estimate of drug-likeness (QED) is 0.721. The summed E-state index contributed by atoms with van der Waals surface area (Å²) in [4.78, 5) is 19.6. The Hall–Kier alpha value is -2.03. The van der Waals surface area contributed by atoms with Gasteiger partial charge in [-0.2, -0.15) is 0 Å². The van der Waals surface area contributed by atoms with Crippen molar-refractivity contribution >= 4 is 28.8 Å². The summed E-state index contributed by atoms with van der Waals surface area (Å²) in [7, 11) is 1.65. The average Bonchev–Trinajstić information content (AvgIpc) is 2.68. The molecule has 2 aromatic rings. The van der Waals surface area contributed by atoms with Gasteiger partial charge in [-0.3, -0.25) is 4.90 Å². The van der Waals surface area contributed by atoms with Crippen molar-refractivity contribution in [3.8, 4) is 5.88 Å². The van der Waals surface area contributed by atoms with Gasteiger partial charge in [-0.05, 0) is 50.9 Å². The molecule has 1 N–H and O–H groups in total. The van der Waals surface area contributed by atoms with E-state index in [1.165, 1.54) is 4.90 Å². The standard InChI is InChI=1S/C21H30N4O3S/c1-21(2,3)28-20(26)23-10-11-24-12-14-25(15-13-24)29-18-7-5-6-17-16(18)8-9-22-19(17)27-4/h5-9H,10-15H2,1-4H3,(H,23,26). The molecule has 0 atom stereocenters. The van der Waals surface area contributed by atoms with Gasteiger partial charge in [-0.15, -0.1) is 0 Å². The van der Waals surface area contributed by atoms with Crippen molar-refractivity contribution in [1.29, 1.82) is 0 Å². The van der Waals surface area contributed by atoms with E-state index in [2.05, 4.69) is 25.6 Å². The number of carbonyl (C=O) groups is 1. The number of fused-ring (bicyclic) bond motifs is 1. The Morgan fingerprint density at radius 2 is 1.93 bits per heavy atom. The summed E-state index contributed by atoms with van der Waals surface area (Å²) in [5.41, 5.74) is -0.464. The van der Waals surface area contributed by atoms with Gasteiger partial charge >= 0.3 is 6.09 Å². The number of rotatable bonds is 6. The number of carbonyl (C=O) groups excluding carboxylic acids is 1. The van der Waals surface area contributed by atoms with Gasteiger partial charge in [0, 0.05) is 61.1 Å². The van der Waals surface area contributed by atoms with Gasteiger partial charge in [-0.25, -0.2) is 14.1 Å². The number of pyridine rings is 1. The third-order valence-electron chi connectivity index (χ3n) is 4.58. The number of aromatic nitrogens is 1. The fourth-order valence-electron chi connectivity index (χ4n) is 3.21. The Morgan fingerprint density at radius 3 is 2.62 bits per heavy atom. The van der Waals surface area contributed by atoms with Crippen molar-refractivity contribution in [3.05, 3.63) is 30.5 Å². The minimum Gasteiger partial charge on any atom is -0.481 e. The Labute approximate surface area is 176 Å². The first-order valence-corrected chi connectivity index (χ1v) is 10.7. The third-order valence-corrected chi connectivity index (χ3v) is 5.75. The van der Waals surface area contributed by atoms with Crippen LogP contribution < -0.4 is 10.1 Å². The number of hydrogen-bond donors (Lipinski definition) is 1. The van der Waals surface area contributed by atoms with Crippen molar-refractivity contribution in [2.24, 2.45) is 0 Å². The lowest BCUT2D eigenvalue weighted by atomic mass is 10.2. The first-order valence-electron chi connectivity index (χ1n) is 9.89. The Balaban J connectivity index is 1.47. The lowest BCUT2D eigenvalue weighted by molar-refractivity contribution is 0.0520. The lowest BCUT2D eigenvalue weighted by Gasteiger charge is -2.34. The molecular formula is C21H30N4O3S. The Morgan fingerprint density at radius 1 is 1.17 bits per heavy atom. The molecule has 0 unspecified atom stereocenters. The van der Waals surface area contributed by atoms with Crippen LogP contribution in [0.4, 0.5) is 4.79 Å². The van der Waals surface area contributed by atoms with Crippen LogP contribution in [-0.2, 0) is 4.74 Å². The zero-order valence-corrected chi connectivity index (χ0v) is 18.4. The zero-order chi connectivity index (χ0) is 20.9. The number of ether oxygens (including phenoxy) is 2. The molecule has 7 nitrogen and oxygen atoms in total. The molecule has 1 aliphatic heterocycles. The average molecular weight is 419 g/mol. The minimum atomic E-state index is -0.464. The molecule has 1 aromatic heterocycles. The summed E-state index contributed by atoms with van der Waals surface area (Å²) in [6, 6.07) is 8.27. The number of alkyl carbamates (subject to hydrolysis) is 1. The number of methoxy groups -OCH3 is 1. The highest BCUT2D eigenvalue weighted by Crippen LogP contribution is 2.33. The molecule has 1 fully saturated rings. The molecule has 2 heterocycles. The van der Waals surface area contributed by atoms with Gasteiger partial charge in [0.1, 0.15) is 5.60 Å². The molecule has 0 radical (unpaired) electrons. The molecule has 0 saturated carbocycles. The van der Waals surface area contributed by atoms with E-state index in [-0.39, 0.29) is 6.09 Å². The summed E-state index contributed by atoms with van der Waals surface area (Å²) in [5, 5.41) is 5.02. The molecule has 0 spiro atoms. The van der Waals surface area contributed by atoms with Gasteiger partial charge in [-0.1, -0.05) is 6.07 Å². The maximum absolute atomic E-state index is 11.7. The van der Waals surface area contributed by atoms with E-state index in [0.29, 0.717) is 12.4 Å². The van der Waals surface area contributed by atoms with E-state index in [1.807, 2.05) is 39.0 Å². The number of piperazine rings is 1. The highest BCUT2D eigenvalue weighted by molar-refractivity contribution is 7.97. The summed E-state index contributed by atoms with van der Waals surface area (Å²) < 4.78 is 13.0. The summed E-state index contributed by atoms with van der Waals surface area (Å²) in [6.45, 7) is 10.9. The number of nitrogens with one attached hydrogen (secondary N) is 1. The summed E-state index contributed by atoms with van der Waals surface area (Å²) >= 11 is 1.78. The van der Waals surface area contributed by atoms with Crippen LogP contribution in [0, 0.1) is 0 Å². The van der Waals surface area contributed by atoms with Crippen LogP contribution in [0.15, 0.2) is 35.4 Å². The SMILES string of the molecule is COc1nccc2c(SN3CCN(CCNC(=O)OC(C)(C)C)CC3)cccc12. The zero-order valence-electron chi connectivity index (χ0n) is 17.6. The van der Waals surface area contributed by atoms with Crippen LogP contribution in [0.1, 0.15) is 20.8 Å². The number of amides is 1. The molecule has 8 heteroatoms. The topological polar surface area (TPSA) is 66.9 Å². The number of hydrogen-bond acceptors (Lipinski definition) is 7. The fraction of sp³-hybridized carbons (Fsp3) is 0.524. The minimum absolute atomic E-state index is 0.354. The van der Waals surface area contributed by atoms with Gasteiger partial charge in [0.05, 0.1) is 7.11 Å². The van der Waals surface area contributed by atoms with E-state index < -0.39 is 5.60 Å². The molecule has 1 amide bonds. The second kappa shape index (κ2) is 9.65. The molecule has 158 valence electrons. The number of benzene rings is 1. The number of nitrogens with zero attached hydrogens (tertiary/aromatic N) is 3. The highest BCUT2D eigenvalue weighted by atomic mass is 32.2. The van der Waals surface area contributed by atoms with Crippen molar-refractivity contribution in [2.45, 2.75) is 31.3 Å². The largest absolute Gasteiger partial charge is 0.481 e. The molecule has 29 heavy (non-hydrogen) atoms. The Bertz CT molecular complexity index is 832. The summed E-state index contributed by atoms with van der Waals surface area (Å²) in [6.07, 6.45) is 1.44. The van der Waals surface area contributed by atoms with Crippen LogP contribution in [0.5, 0.6) is 5.88 Å². The second-order valence-electron chi connectivity index (χ2n) is 7.96. The monoisotopic (exact) mass is 418 g/mol. The molecule has 1 saturated heterocycles. The Kier molecular flexibility index (Phi) is 7.21. The fourth-order valence-corrected chi connectivity index (χ4v) is 4.25. The first-order chi connectivity index (χ1) is 13.9. The molecule has 1 aliphatic rings. The maximum Gasteiger partial charge on any atom is 0.407 e. The van der Waals surface area contributed by atoms with Crippen LogP contribution in [0.25, 0.3) is 10.8 Å². The normalized spacial score (nSPS) is 16.0. The van der Waals surface area contributed by atoms with Crippen molar-refractivity contribution in [1.82, 2.24) is 19.5 Å². The molecular weight excluding hydrogens is 388 g/mol. The smallest absolute Gasteiger partial charge is 0.407 e. The van der Waals surface area contributed by atoms with Crippen molar-refractivity contribution in [3.63, 3.8) is 0 Å². The van der Waals surface area contributed by atoms with Crippen LogP contribution in [0.2, 0.25) is 0 Å². The van der Waals surface area contributed by atoms with E-state index in [9.17, 15) is 4.79 Å². The predicted octanol–water partition coefficient (Wildman–Crippen LogP) is 3.39. The van der Waals surface area contributed by atoms with E-state index >= 15 is 0 Å². The summed E-state index contributed by atoms with van der Waals surface area (Å²) in [5.74, 6) is 0.659. The van der Waals surface area contributed by atoms with Gasteiger partial charge in [0.25, 0.3) is 0 Å². The van der Waals surface area contributed by atoms with Gasteiger partial charge < -0.3 is 14.8 Å². The second-order valence-corrected chi connectivity index (χ2v) is 9.10. The molecule has 0 aliphatic carbocycles. The first kappa shape index (κ1) is 21.7. The van der Waals surface area contributed by atoms with Gasteiger partial charge in [0.2, 0.25) is 5.88 Å². The third kappa shape index (κ3) is 6.22. The van der Waals surface area contributed by atoms with Crippen molar-refractivity contribution < 1.29 is 14.3 Å². The van der Waals surface area contributed by atoms with Crippen LogP contribution >= 0.6 is 11.9 Å².